The molecule has 0 unspecified atom stereocenters. The zero-order chi connectivity index (χ0) is 56.7. The molecule has 0 radical (unpaired) electrons. The van der Waals surface area contributed by atoms with E-state index in [1.807, 2.05) is 13.8 Å². The van der Waals surface area contributed by atoms with Gasteiger partial charge in [-0.05, 0) is 141 Å². The Morgan fingerprint density at radius 2 is 1.03 bits per heavy atom. The summed E-state index contributed by atoms with van der Waals surface area (Å²) in [6.45, 7) is 6.93. The fraction of sp³-hybridized carbons (Fsp3) is 0.706. The molecule has 430 valence electrons. The van der Waals surface area contributed by atoms with Crippen molar-refractivity contribution < 1.29 is 53.4 Å². The third kappa shape index (κ3) is 24.4. The van der Waals surface area contributed by atoms with Crippen LogP contribution in [0.15, 0.2) is 30.3 Å². The number of amides is 9. The normalized spacial score (nSPS) is 23.5. The van der Waals surface area contributed by atoms with E-state index in [0.717, 1.165) is 0 Å². The molecule has 0 aromatic heterocycles. The Hall–Kier alpha value is -5.83. The van der Waals surface area contributed by atoms with Gasteiger partial charge >= 0.3 is 0 Å². The molecule has 25 heteroatoms. The molecule has 1 aromatic carbocycles. The summed E-state index contributed by atoms with van der Waals surface area (Å²) in [7, 11) is 0. The highest BCUT2D eigenvalue weighted by Gasteiger charge is 2.36. The van der Waals surface area contributed by atoms with Crippen LogP contribution in [0.25, 0.3) is 0 Å². The van der Waals surface area contributed by atoms with Crippen molar-refractivity contribution in [3.8, 4) is 0 Å². The van der Waals surface area contributed by atoms with Crippen molar-refractivity contribution >= 4 is 53.2 Å². The summed E-state index contributed by atoms with van der Waals surface area (Å²) >= 11 is 0. The van der Waals surface area contributed by atoms with E-state index in [1.54, 1.807) is 30.3 Å². The molecular formula is C51H90N14O11. The van der Waals surface area contributed by atoms with Gasteiger partial charge in [0.15, 0.2) is 0 Å². The van der Waals surface area contributed by atoms with Crippen LogP contribution in [0.4, 0.5) is 0 Å². The van der Waals surface area contributed by atoms with E-state index in [4.69, 9.17) is 28.7 Å². The summed E-state index contributed by atoms with van der Waals surface area (Å²) in [6, 6.07) is -3.50. The van der Waals surface area contributed by atoms with Crippen molar-refractivity contribution in [1.29, 1.82) is 0 Å². The van der Waals surface area contributed by atoms with Gasteiger partial charge in [-0.3, -0.25) is 43.2 Å². The Morgan fingerprint density at radius 3 is 1.51 bits per heavy atom. The number of aliphatic hydroxyl groups excluding tert-OH is 2. The quantitative estimate of drug-likeness (QED) is 0.0397. The monoisotopic (exact) mass is 1070 g/mol. The maximum Gasteiger partial charge on any atom is 0.245 e. The van der Waals surface area contributed by atoms with Crippen molar-refractivity contribution in [1.82, 2.24) is 47.9 Å². The van der Waals surface area contributed by atoms with E-state index < -0.39 is 120 Å². The lowest BCUT2D eigenvalue weighted by molar-refractivity contribution is -0.136. The minimum absolute atomic E-state index is 0.00975. The number of nitrogens with one attached hydrogen (secondary N) is 9. The van der Waals surface area contributed by atoms with Crippen molar-refractivity contribution in [2.45, 2.75) is 191 Å². The van der Waals surface area contributed by atoms with Crippen LogP contribution >= 0.6 is 0 Å². The molecule has 0 spiro atoms. The second-order valence-electron chi connectivity index (χ2n) is 20.0. The number of carbonyl (C=O) groups excluding carboxylic acids is 9. The zero-order valence-electron chi connectivity index (χ0n) is 44.9. The molecule has 0 bridgehead atoms. The summed E-state index contributed by atoms with van der Waals surface area (Å²) in [6.07, 6.45) is 0.411. The maximum absolute atomic E-state index is 14.5. The van der Waals surface area contributed by atoms with Crippen LogP contribution in [0.3, 0.4) is 0 Å². The number of hydrogen-bond acceptors (Lipinski definition) is 16. The largest absolute Gasteiger partial charge is 0.391 e. The van der Waals surface area contributed by atoms with Gasteiger partial charge in [-0.15, -0.1) is 0 Å². The van der Waals surface area contributed by atoms with Crippen LogP contribution < -0.4 is 76.5 Å². The molecule has 1 aliphatic heterocycles. The standard InChI is InChI=1S/C51H90N14O11/c1-30(2)28-39-48(73)60-34(18-8-12-23-52)43(68)59-37(21-11-15-26-55)47(72)65-42(32(4)67)51(76)57-27-22-38(61-44(69)36(20-10-14-25-54)62-50(75)41(56)31(3)66)46(71)58-35(19-9-13-24-53)45(70)64-40(49(74)63-39)29-33-16-6-5-7-17-33/h5-7,16-17,30-32,34-42,66-67H,8-15,18-29,52-56H2,1-4H3,(H,57,76)(H,58,71)(H,59,68)(H,60,73)(H,61,69)(H,62,75)(H,63,74)(H,64,70)(H,65,72)/t31-,32-,34+,35-,36+,37-,38-,39-,40-,41+,42+/m1/s1. The van der Waals surface area contributed by atoms with E-state index in [9.17, 15) is 53.4 Å². The summed E-state index contributed by atoms with van der Waals surface area (Å²) in [5, 5.41) is 44.9. The van der Waals surface area contributed by atoms with Gasteiger partial charge in [-0.1, -0.05) is 44.2 Å². The topological polar surface area (TPSA) is 432 Å². The van der Waals surface area contributed by atoms with E-state index >= 15 is 0 Å². The second-order valence-corrected chi connectivity index (χ2v) is 20.0. The lowest BCUT2D eigenvalue weighted by atomic mass is 9.99. The third-order valence-corrected chi connectivity index (χ3v) is 12.8. The molecule has 0 saturated carbocycles. The Bertz CT molecular complexity index is 1980. The lowest BCUT2D eigenvalue weighted by Gasteiger charge is -2.29. The summed E-state index contributed by atoms with van der Waals surface area (Å²) in [5.74, 6) is -7.54. The number of unbranched alkanes of at least 4 members (excludes halogenated alkanes) is 4. The molecule has 9 amide bonds. The summed E-state index contributed by atoms with van der Waals surface area (Å²) < 4.78 is 0. The highest BCUT2D eigenvalue weighted by Crippen LogP contribution is 2.13. The summed E-state index contributed by atoms with van der Waals surface area (Å²) in [4.78, 5) is 127. The number of hydrogen-bond donors (Lipinski definition) is 16. The lowest BCUT2D eigenvalue weighted by Crippen LogP contribution is -2.61. The Kier molecular flexibility index (Phi) is 31.6. The highest BCUT2D eigenvalue weighted by molar-refractivity contribution is 5.98. The Morgan fingerprint density at radius 1 is 0.579 bits per heavy atom. The minimum Gasteiger partial charge on any atom is -0.391 e. The van der Waals surface area contributed by atoms with Gasteiger partial charge < -0.3 is 86.7 Å². The first kappa shape index (κ1) is 66.3. The van der Waals surface area contributed by atoms with Crippen LogP contribution in [0.5, 0.6) is 0 Å². The van der Waals surface area contributed by atoms with Crippen molar-refractivity contribution in [2.24, 2.45) is 34.6 Å². The van der Waals surface area contributed by atoms with Crippen LogP contribution in [0.2, 0.25) is 0 Å². The number of nitrogens with two attached hydrogens (primary N) is 5. The minimum atomic E-state index is -1.61. The van der Waals surface area contributed by atoms with Gasteiger partial charge in [0, 0.05) is 13.0 Å². The van der Waals surface area contributed by atoms with E-state index in [0.29, 0.717) is 63.5 Å². The van der Waals surface area contributed by atoms with Crippen LogP contribution in [0.1, 0.15) is 123 Å². The van der Waals surface area contributed by atoms with Crippen LogP contribution in [-0.4, -0.2) is 163 Å². The molecule has 21 N–H and O–H groups in total. The number of rotatable bonds is 26. The average Bonchev–Trinajstić information content (AvgIpc) is 3.37. The van der Waals surface area contributed by atoms with Crippen LogP contribution in [-0.2, 0) is 49.6 Å². The first-order valence-electron chi connectivity index (χ1n) is 26.8. The molecular weight excluding hydrogens is 985 g/mol. The fourth-order valence-corrected chi connectivity index (χ4v) is 8.31. The molecule has 1 saturated heterocycles. The van der Waals surface area contributed by atoms with E-state index in [1.165, 1.54) is 13.8 Å². The average molecular weight is 1080 g/mol. The smallest absolute Gasteiger partial charge is 0.245 e. The van der Waals surface area contributed by atoms with Gasteiger partial charge in [-0.25, -0.2) is 0 Å². The predicted molar refractivity (Wildman–Crippen MR) is 286 cm³/mol. The fourth-order valence-electron chi connectivity index (χ4n) is 8.31. The number of carbonyl (C=O) groups is 9. The zero-order valence-corrected chi connectivity index (χ0v) is 44.9. The maximum atomic E-state index is 14.5. The van der Waals surface area contributed by atoms with Crippen molar-refractivity contribution in [2.75, 3.05) is 32.7 Å². The Labute approximate surface area is 447 Å². The van der Waals surface area contributed by atoms with Gasteiger partial charge in [0.25, 0.3) is 0 Å². The molecule has 1 fully saturated rings. The predicted octanol–water partition coefficient (Wildman–Crippen LogP) is -3.72. The first-order chi connectivity index (χ1) is 36.2. The van der Waals surface area contributed by atoms with Gasteiger partial charge in [0.2, 0.25) is 53.2 Å². The van der Waals surface area contributed by atoms with Crippen molar-refractivity contribution in [3.63, 3.8) is 0 Å². The second kappa shape index (κ2) is 36.2. The van der Waals surface area contributed by atoms with Crippen LogP contribution in [0, 0.1) is 5.92 Å². The first-order valence-corrected chi connectivity index (χ1v) is 26.8. The molecule has 76 heavy (non-hydrogen) atoms. The molecule has 2 rings (SSSR count). The molecule has 1 aromatic rings. The molecule has 0 aliphatic carbocycles. The van der Waals surface area contributed by atoms with Gasteiger partial charge in [0.05, 0.1) is 12.2 Å². The van der Waals surface area contributed by atoms with Gasteiger partial charge in [0.1, 0.15) is 54.4 Å². The summed E-state index contributed by atoms with van der Waals surface area (Å²) in [5.41, 5.74) is 29.6. The molecule has 1 heterocycles. The SMILES string of the molecule is CC(C)C[C@H]1NC(=O)[C@@H](Cc2ccccc2)NC(=O)[C@@H](CCCCN)NC(=O)[C@H](NC(=O)[C@H](CCCCN)NC(=O)[C@@H](N)[C@@H](C)O)CCNC(=O)[C@H]([C@@H](C)O)NC(=O)[C@@H](CCCCN)NC(=O)[C@H](CCCCN)NC1=O. The molecule has 25 nitrogen and oxygen atoms in total. The number of aliphatic hydroxyl groups is 2. The van der Waals surface area contributed by atoms with E-state index in [2.05, 4.69) is 47.9 Å². The highest BCUT2D eigenvalue weighted by atomic mass is 16.3. The third-order valence-electron chi connectivity index (χ3n) is 12.8. The molecule has 1 aliphatic rings. The van der Waals surface area contributed by atoms with Crippen molar-refractivity contribution in [3.05, 3.63) is 35.9 Å². The van der Waals surface area contributed by atoms with Gasteiger partial charge in [-0.2, -0.15) is 0 Å². The Balaban J connectivity index is 2.85. The van der Waals surface area contributed by atoms with E-state index in [-0.39, 0.29) is 77.0 Å². The molecule has 11 atom stereocenters. The number of benzene rings is 1.